The molecule has 16 heavy (non-hydrogen) atoms. The summed E-state index contributed by atoms with van der Waals surface area (Å²) in [6.07, 6.45) is 5.90. The molecule has 0 fully saturated rings. The first-order chi connectivity index (χ1) is 7.75. The largest absolute Gasteiger partial charge is 0.322 e. The van der Waals surface area contributed by atoms with Gasteiger partial charge in [-0.05, 0) is 30.2 Å². The highest BCUT2D eigenvalue weighted by Crippen LogP contribution is 2.15. The molecule has 1 unspecified atom stereocenters. The van der Waals surface area contributed by atoms with E-state index < -0.39 is 0 Å². The third-order valence-corrected chi connectivity index (χ3v) is 2.53. The van der Waals surface area contributed by atoms with Gasteiger partial charge in [-0.1, -0.05) is 17.7 Å². The number of hydrogen-bond acceptors (Lipinski definition) is 3. The molecule has 82 valence electrons. The molecule has 2 aromatic heterocycles. The van der Waals surface area contributed by atoms with Gasteiger partial charge in [-0.2, -0.15) is 0 Å². The summed E-state index contributed by atoms with van der Waals surface area (Å²) in [6, 6.07) is 7.43. The summed E-state index contributed by atoms with van der Waals surface area (Å²) in [5.41, 5.74) is 7.99. The van der Waals surface area contributed by atoms with E-state index in [0.717, 1.165) is 17.7 Å². The Morgan fingerprint density at radius 3 is 2.75 bits per heavy atom. The molecule has 1 atom stereocenters. The predicted molar refractivity (Wildman–Crippen MR) is 64.1 cm³/mol. The highest BCUT2D eigenvalue weighted by atomic mass is 35.5. The molecular weight excluding hydrogens is 222 g/mol. The fourth-order valence-corrected chi connectivity index (χ4v) is 1.60. The molecule has 0 aromatic carbocycles. The van der Waals surface area contributed by atoms with E-state index >= 15 is 0 Å². The van der Waals surface area contributed by atoms with Crippen molar-refractivity contribution in [2.45, 2.75) is 12.5 Å². The molecule has 2 rings (SSSR count). The van der Waals surface area contributed by atoms with Crippen LogP contribution in [-0.4, -0.2) is 9.97 Å². The topological polar surface area (TPSA) is 51.8 Å². The number of aromatic nitrogens is 2. The lowest BCUT2D eigenvalue weighted by Crippen LogP contribution is -2.14. The molecule has 0 aliphatic rings. The van der Waals surface area contributed by atoms with Crippen LogP contribution in [0.1, 0.15) is 17.3 Å². The lowest BCUT2D eigenvalue weighted by atomic mass is 10.1. The zero-order valence-corrected chi connectivity index (χ0v) is 9.43. The molecule has 0 radical (unpaired) electrons. The van der Waals surface area contributed by atoms with Gasteiger partial charge in [0, 0.05) is 18.6 Å². The van der Waals surface area contributed by atoms with Crippen molar-refractivity contribution in [3.05, 3.63) is 59.1 Å². The predicted octanol–water partition coefficient (Wildman–Crippen LogP) is 2.37. The highest BCUT2D eigenvalue weighted by Gasteiger charge is 2.08. The number of nitrogens with zero attached hydrogens (tertiary/aromatic N) is 2. The van der Waals surface area contributed by atoms with Crippen LogP contribution in [-0.2, 0) is 6.42 Å². The fraction of sp³-hybridized carbons (Fsp3) is 0.167. The molecule has 0 saturated heterocycles. The van der Waals surface area contributed by atoms with Crippen LogP contribution >= 0.6 is 11.6 Å². The summed E-state index contributed by atoms with van der Waals surface area (Å²) in [7, 11) is 0. The highest BCUT2D eigenvalue weighted by molar-refractivity contribution is 6.30. The Bertz CT molecular complexity index is 442. The number of halogens is 1. The Morgan fingerprint density at radius 1 is 1.25 bits per heavy atom. The second-order valence-corrected chi connectivity index (χ2v) is 4.01. The molecular formula is C12H12ClN3. The third kappa shape index (κ3) is 2.78. The van der Waals surface area contributed by atoms with E-state index in [1.807, 2.05) is 24.4 Å². The molecule has 4 heteroatoms. The second-order valence-electron chi connectivity index (χ2n) is 3.57. The van der Waals surface area contributed by atoms with Gasteiger partial charge in [0.15, 0.2) is 0 Å². The van der Waals surface area contributed by atoms with Crippen LogP contribution in [0.4, 0.5) is 0 Å². The van der Waals surface area contributed by atoms with Gasteiger partial charge in [0.05, 0.1) is 16.8 Å². The minimum atomic E-state index is -0.124. The van der Waals surface area contributed by atoms with Gasteiger partial charge in [-0.15, -0.1) is 0 Å². The van der Waals surface area contributed by atoms with Gasteiger partial charge in [0.1, 0.15) is 0 Å². The summed E-state index contributed by atoms with van der Waals surface area (Å²) >= 11 is 5.76. The van der Waals surface area contributed by atoms with Gasteiger partial charge in [-0.25, -0.2) is 0 Å². The standard InChI is InChI=1S/C12H12ClN3/c13-10-3-4-12(16-8-10)11(14)6-9-2-1-5-15-7-9/h1-5,7-8,11H,6,14H2. The lowest BCUT2D eigenvalue weighted by molar-refractivity contribution is 0.694. The quantitative estimate of drug-likeness (QED) is 0.886. The maximum Gasteiger partial charge on any atom is 0.0589 e. The minimum Gasteiger partial charge on any atom is -0.322 e. The van der Waals surface area contributed by atoms with Crippen molar-refractivity contribution < 1.29 is 0 Å². The van der Waals surface area contributed by atoms with Crippen LogP contribution in [0.5, 0.6) is 0 Å². The first-order valence-electron chi connectivity index (χ1n) is 5.01. The number of rotatable bonds is 3. The normalized spacial score (nSPS) is 12.4. The van der Waals surface area contributed by atoms with Gasteiger partial charge >= 0.3 is 0 Å². The van der Waals surface area contributed by atoms with E-state index in [4.69, 9.17) is 17.3 Å². The molecule has 0 amide bonds. The Morgan fingerprint density at radius 2 is 2.12 bits per heavy atom. The summed E-state index contributed by atoms with van der Waals surface area (Å²) in [5.74, 6) is 0. The van der Waals surface area contributed by atoms with Crippen molar-refractivity contribution in [1.29, 1.82) is 0 Å². The SMILES string of the molecule is NC(Cc1cccnc1)c1ccc(Cl)cn1. The van der Waals surface area contributed by atoms with E-state index in [2.05, 4.69) is 9.97 Å². The fourth-order valence-electron chi connectivity index (χ4n) is 1.48. The van der Waals surface area contributed by atoms with Gasteiger partial charge in [-0.3, -0.25) is 9.97 Å². The van der Waals surface area contributed by atoms with E-state index in [9.17, 15) is 0 Å². The van der Waals surface area contributed by atoms with Crippen LogP contribution in [0.15, 0.2) is 42.9 Å². The maximum absolute atomic E-state index is 6.04. The van der Waals surface area contributed by atoms with E-state index in [1.165, 1.54) is 0 Å². The molecule has 2 N–H and O–H groups in total. The summed E-state index contributed by atoms with van der Waals surface area (Å²) in [5, 5.41) is 0.623. The Labute approximate surface area is 99.3 Å². The minimum absolute atomic E-state index is 0.124. The van der Waals surface area contributed by atoms with E-state index in [-0.39, 0.29) is 6.04 Å². The van der Waals surface area contributed by atoms with Crippen LogP contribution in [0.3, 0.4) is 0 Å². The van der Waals surface area contributed by atoms with Crippen molar-refractivity contribution in [2.24, 2.45) is 5.73 Å². The molecule has 0 saturated carbocycles. The second kappa shape index (κ2) is 5.05. The molecule has 0 bridgehead atoms. The number of pyridine rings is 2. The zero-order valence-electron chi connectivity index (χ0n) is 8.68. The number of hydrogen-bond donors (Lipinski definition) is 1. The lowest BCUT2D eigenvalue weighted by Gasteiger charge is -2.10. The maximum atomic E-state index is 6.04. The van der Waals surface area contributed by atoms with Gasteiger partial charge < -0.3 is 5.73 Å². The summed E-state index contributed by atoms with van der Waals surface area (Å²) < 4.78 is 0. The zero-order chi connectivity index (χ0) is 11.4. The van der Waals surface area contributed by atoms with Crippen molar-refractivity contribution in [3.8, 4) is 0 Å². The molecule has 0 aliphatic carbocycles. The molecule has 2 heterocycles. The van der Waals surface area contributed by atoms with Gasteiger partial charge in [0.2, 0.25) is 0 Å². The van der Waals surface area contributed by atoms with Crippen LogP contribution < -0.4 is 5.73 Å². The van der Waals surface area contributed by atoms with E-state index in [1.54, 1.807) is 18.5 Å². The van der Waals surface area contributed by atoms with Crippen molar-refractivity contribution in [2.75, 3.05) is 0 Å². The molecule has 0 spiro atoms. The van der Waals surface area contributed by atoms with Crippen LogP contribution in [0.25, 0.3) is 0 Å². The Kier molecular flexibility index (Phi) is 3.49. The van der Waals surface area contributed by atoms with Crippen molar-refractivity contribution in [1.82, 2.24) is 9.97 Å². The Balaban J connectivity index is 2.09. The van der Waals surface area contributed by atoms with Crippen molar-refractivity contribution >= 4 is 11.6 Å². The van der Waals surface area contributed by atoms with E-state index in [0.29, 0.717) is 5.02 Å². The first kappa shape index (κ1) is 11.0. The van der Waals surface area contributed by atoms with Crippen molar-refractivity contribution in [3.63, 3.8) is 0 Å². The smallest absolute Gasteiger partial charge is 0.0589 e. The molecule has 2 aromatic rings. The van der Waals surface area contributed by atoms with Crippen LogP contribution in [0, 0.1) is 0 Å². The van der Waals surface area contributed by atoms with Crippen LogP contribution in [0.2, 0.25) is 5.02 Å². The summed E-state index contributed by atoms with van der Waals surface area (Å²) in [6.45, 7) is 0. The number of nitrogens with two attached hydrogens (primary N) is 1. The average molecular weight is 234 g/mol. The third-order valence-electron chi connectivity index (χ3n) is 2.31. The average Bonchev–Trinajstić information content (AvgIpc) is 2.31. The first-order valence-corrected chi connectivity index (χ1v) is 5.39. The summed E-state index contributed by atoms with van der Waals surface area (Å²) in [4.78, 5) is 8.25. The molecule has 3 nitrogen and oxygen atoms in total. The Hall–Kier alpha value is -1.45. The van der Waals surface area contributed by atoms with Gasteiger partial charge in [0.25, 0.3) is 0 Å². The molecule has 0 aliphatic heterocycles. The monoisotopic (exact) mass is 233 g/mol.